The van der Waals surface area contributed by atoms with E-state index in [2.05, 4.69) is 0 Å². The lowest BCUT2D eigenvalue weighted by Gasteiger charge is -2.24. The van der Waals surface area contributed by atoms with E-state index in [1.807, 2.05) is 41.1 Å². The third-order valence-corrected chi connectivity index (χ3v) is 6.16. The molecule has 108 valence electrons. The number of thiocarbonyl (C=S) groups is 1. The standard InChI is InChI=1S/C13H16N2O3S2/c1-14-11-7-20(16,17)8-12(11)15(13(14)19)9-3-5-10(18-2)6-4-9/h3-6,11-12H,7-8H2,1-2H3/t11-,12+/m1/s1. The molecule has 7 heteroatoms. The third-order valence-electron chi connectivity index (χ3n) is 3.98. The van der Waals surface area contributed by atoms with Gasteiger partial charge < -0.3 is 14.5 Å². The Bertz CT molecular complexity index is 642. The van der Waals surface area contributed by atoms with Gasteiger partial charge in [0, 0.05) is 12.7 Å². The van der Waals surface area contributed by atoms with E-state index in [4.69, 9.17) is 17.0 Å². The average molecular weight is 312 g/mol. The van der Waals surface area contributed by atoms with Gasteiger partial charge in [-0.05, 0) is 36.5 Å². The molecule has 0 N–H and O–H groups in total. The molecule has 2 atom stereocenters. The molecule has 0 spiro atoms. The highest BCUT2D eigenvalue weighted by molar-refractivity contribution is 7.91. The van der Waals surface area contributed by atoms with Gasteiger partial charge in [-0.1, -0.05) is 0 Å². The van der Waals surface area contributed by atoms with E-state index >= 15 is 0 Å². The Morgan fingerprint density at radius 1 is 1.20 bits per heavy atom. The zero-order valence-electron chi connectivity index (χ0n) is 11.3. The molecule has 1 aromatic rings. The second kappa shape index (κ2) is 4.60. The first kappa shape index (κ1) is 13.6. The number of likely N-dealkylation sites (N-methyl/N-ethyl adjacent to an activating group) is 1. The molecular weight excluding hydrogens is 296 g/mol. The summed E-state index contributed by atoms with van der Waals surface area (Å²) in [7, 11) is 0.496. The molecule has 2 fully saturated rings. The quantitative estimate of drug-likeness (QED) is 0.756. The van der Waals surface area contributed by atoms with Crippen molar-refractivity contribution in [3.8, 4) is 5.75 Å². The lowest BCUT2D eigenvalue weighted by molar-refractivity contribution is 0.414. The second-order valence-electron chi connectivity index (χ2n) is 5.17. The number of benzene rings is 1. The molecule has 2 saturated heterocycles. The first-order valence-corrected chi connectivity index (χ1v) is 8.56. The van der Waals surface area contributed by atoms with Crippen molar-refractivity contribution < 1.29 is 13.2 Å². The molecule has 0 aromatic heterocycles. The van der Waals surface area contributed by atoms with Crippen molar-refractivity contribution in [2.75, 3.05) is 30.6 Å². The number of hydrogen-bond acceptors (Lipinski definition) is 4. The number of nitrogens with zero attached hydrogens (tertiary/aromatic N) is 2. The van der Waals surface area contributed by atoms with Gasteiger partial charge in [-0.2, -0.15) is 0 Å². The van der Waals surface area contributed by atoms with Crippen LogP contribution in [-0.2, 0) is 9.84 Å². The molecule has 0 bridgehead atoms. The number of hydrogen-bond donors (Lipinski definition) is 0. The predicted octanol–water partition coefficient (Wildman–Crippen LogP) is 0.897. The van der Waals surface area contributed by atoms with E-state index in [-0.39, 0.29) is 23.6 Å². The second-order valence-corrected chi connectivity index (χ2v) is 7.69. The average Bonchev–Trinajstić information content (AvgIpc) is 2.84. The zero-order chi connectivity index (χ0) is 14.5. The van der Waals surface area contributed by atoms with Gasteiger partial charge in [-0.25, -0.2) is 8.42 Å². The Hall–Kier alpha value is -1.34. The molecule has 0 radical (unpaired) electrons. The van der Waals surface area contributed by atoms with Gasteiger partial charge in [0.1, 0.15) is 5.75 Å². The summed E-state index contributed by atoms with van der Waals surface area (Å²) in [5.74, 6) is 1.11. The first-order chi connectivity index (χ1) is 9.43. The summed E-state index contributed by atoms with van der Waals surface area (Å²) >= 11 is 5.46. The van der Waals surface area contributed by atoms with Crippen LogP contribution in [0.3, 0.4) is 0 Å². The van der Waals surface area contributed by atoms with Gasteiger partial charge in [0.25, 0.3) is 0 Å². The van der Waals surface area contributed by atoms with Crippen LogP contribution < -0.4 is 9.64 Å². The third kappa shape index (κ3) is 2.05. The maximum absolute atomic E-state index is 11.9. The fourth-order valence-corrected chi connectivity index (χ4v) is 5.30. The van der Waals surface area contributed by atoms with Crippen molar-refractivity contribution >= 4 is 32.9 Å². The van der Waals surface area contributed by atoms with E-state index in [0.29, 0.717) is 5.11 Å². The molecular formula is C13H16N2O3S2. The number of methoxy groups -OCH3 is 1. The minimum absolute atomic E-state index is 0.0467. The maximum atomic E-state index is 11.9. The van der Waals surface area contributed by atoms with Crippen molar-refractivity contribution in [2.45, 2.75) is 12.1 Å². The molecule has 2 aliphatic heterocycles. The van der Waals surface area contributed by atoms with E-state index in [9.17, 15) is 8.42 Å². The fraction of sp³-hybridized carbons (Fsp3) is 0.462. The first-order valence-electron chi connectivity index (χ1n) is 6.33. The van der Waals surface area contributed by atoms with Gasteiger partial charge in [-0.15, -0.1) is 0 Å². The minimum Gasteiger partial charge on any atom is -0.497 e. The molecule has 3 rings (SSSR count). The molecule has 2 heterocycles. The Labute approximate surface area is 124 Å². The minimum atomic E-state index is -2.98. The number of rotatable bonds is 2. The summed E-state index contributed by atoms with van der Waals surface area (Å²) in [5.41, 5.74) is 0.909. The van der Waals surface area contributed by atoms with Crippen LogP contribution in [0.5, 0.6) is 5.75 Å². The summed E-state index contributed by atoms with van der Waals surface area (Å²) in [4.78, 5) is 3.85. The highest BCUT2D eigenvalue weighted by Crippen LogP contribution is 2.34. The molecule has 0 aliphatic carbocycles. The lowest BCUT2D eigenvalue weighted by Crippen LogP contribution is -2.36. The highest BCUT2D eigenvalue weighted by Gasteiger charge is 2.50. The summed E-state index contributed by atoms with van der Waals surface area (Å²) < 4.78 is 28.9. The van der Waals surface area contributed by atoms with Crippen LogP contribution in [-0.4, -0.2) is 56.2 Å². The largest absolute Gasteiger partial charge is 0.497 e. The van der Waals surface area contributed by atoms with Crippen LogP contribution >= 0.6 is 12.2 Å². The topological polar surface area (TPSA) is 49.9 Å². The summed E-state index contributed by atoms with van der Waals surface area (Å²) in [6, 6.07) is 7.39. The van der Waals surface area contributed by atoms with Crippen molar-refractivity contribution in [3.63, 3.8) is 0 Å². The Kier molecular flexibility index (Phi) is 3.13. The fourth-order valence-electron chi connectivity index (χ4n) is 2.93. The molecule has 2 aliphatic rings. The summed E-state index contributed by atoms with van der Waals surface area (Å²) in [6.07, 6.45) is 0. The van der Waals surface area contributed by atoms with Crippen molar-refractivity contribution in [2.24, 2.45) is 0 Å². The van der Waals surface area contributed by atoms with Crippen molar-refractivity contribution in [1.82, 2.24) is 4.90 Å². The Morgan fingerprint density at radius 2 is 1.80 bits per heavy atom. The molecule has 5 nitrogen and oxygen atoms in total. The Morgan fingerprint density at radius 3 is 2.40 bits per heavy atom. The number of ether oxygens (including phenoxy) is 1. The SMILES string of the molecule is COc1ccc(N2C(=S)N(C)[C@@H]3CS(=O)(=O)C[C@@H]32)cc1. The predicted molar refractivity (Wildman–Crippen MR) is 82.1 cm³/mol. The number of sulfone groups is 1. The van der Waals surface area contributed by atoms with Gasteiger partial charge in [-0.3, -0.25) is 0 Å². The van der Waals surface area contributed by atoms with Gasteiger partial charge in [0.15, 0.2) is 14.9 Å². The van der Waals surface area contributed by atoms with E-state index < -0.39 is 9.84 Å². The van der Waals surface area contributed by atoms with E-state index in [1.165, 1.54) is 0 Å². The zero-order valence-corrected chi connectivity index (χ0v) is 12.9. The van der Waals surface area contributed by atoms with Gasteiger partial charge >= 0.3 is 0 Å². The number of fused-ring (bicyclic) bond motifs is 1. The van der Waals surface area contributed by atoms with Crippen LogP contribution in [0.4, 0.5) is 5.69 Å². The van der Waals surface area contributed by atoms with Crippen LogP contribution in [0.25, 0.3) is 0 Å². The van der Waals surface area contributed by atoms with Crippen LogP contribution in [0.15, 0.2) is 24.3 Å². The smallest absolute Gasteiger partial charge is 0.176 e. The normalized spacial score (nSPS) is 27.8. The maximum Gasteiger partial charge on any atom is 0.176 e. The number of anilines is 1. The van der Waals surface area contributed by atoms with E-state index in [1.54, 1.807) is 7.11 Å². The summed E-state index contributed by atoms with van der Waals surface area (Å²) in [6.45, 7) is 0. The van der Waals surface area contributed by atoms with Crippen LogP contribution in [0.1, 0.15) is 0 Å². The van der Waals surface area contributed by atoms with Crippen molar-refractivity contribution in [3.05, 3.63) is 24.3 Å². The van der Waals surface area contributed by atoms with Crippen molar-refractivity contribution in [1.29, 1.82) is 0 Å². The Balaban J connectivity index is 1.97. The van der Waals surface area contributed by atoms with E-state index in [0.717, 1.165) is 11.4 Å². The van der Waals surface area contributed by atoms with Crippen LogP contribution in [0.2, 0.25) is 0 Å². The molecule has 0 unspecified atom stereocenters. The molecule has 0 amide bonds. The summed E-state index contributed by atoms with van der Waals surface area (Å²) in [5, 5.41) is 0.681. The highest BCUT2D eigenvalue weighted by atomic mass is 32.2. The molecule has 0 saturated carbocycles. The molecule has 1 aromatic carbocycles. The van der Waals surface area contributed by atoms with Gasteiger partial charge in [0.05, 0.1) is 30.7 Å². The van der Waals surface area contributed by atoms with Crippen LogP contribution in [0, 0.1) is 0 Å². The van der Waals surface area contributed by atoms with Gasteiger partial charge in [0.2, 0.25) is 0 Å². The molecule has 20 heavy (non-hydrogen) atoms. The lowest BCUT2D eigenvalue weighted by atomic mass is 10.1. The monoisotopic (exact) mass is 312 g/mol.